The van der Waals surface area contributed by atoms with Crippen molar-refractivity contribution in [3.05, 3.63) is 24.5 Å². The van der Waals surface area contributed by atoms with E-state index in [1.807, 2.05) is 11.8 Å². The summed E-state index contributed by atoms with van der Waals surface area (Å²) in [4.78, 5) is 37.4. The van der Waals surface area contributed by atoms with E-state index in [-0.39, 0.29) is 12.0 Å². The third-order valence-electron chi connectivity index (χ3n) is 6.42. The molecule has 1 unspecified atom stereocenters. The Bertz CT molecular complexity index is 1100. The predicted octanol–water partition coefficient (Wildman–Crippen LogP) is 1.62. The molecule has 2 fully saturated rings. The summed E-state index contributed by atoms with van der Waals surface area (Å²) in [5.74, 6) is 2.65. The molecule has 3 aromatic rings. The van der Waals surface area contributed by atoms with Gasteiger partial charge >= 0.3 is 0 Å². The van der Waals surface area contributed by atoms with Crippen LogP contribution in [-0.2, 0) is 11.3 Å². The molecule has 168 valence electrons. The van der Waals surface area contributed by atoms with Crippen molar-refractivity contribution in [2.45, 2.75) is 45.7 Å². The second-order valence-corrected chi connectivity index (χ2v) is 8.53. The summed E-state index contributed by atoms with van der Waals surface area (Å²) < 4.78 is 2.05. The third-order valence-corrected chi connectivity index (χ3v) is 6.42. The number of carbonyl (C=O) groups is 1. The zero-order valence-corrected chi connectivity index (χ0v) is 18.6. The third kappa shape index (κ3) is 3.90. The zero-order chi connectivity index (χ0) is 22.1. The highest BCUT2D eigenvalue weighted by molar-refractivity contribution is 5.86. The normalized spacial score (nSPS) is 19.6. The Kier molecular flexibility index (Phi) is 5.69. The van der Waals surface area contributed by atoms with Gasteiger partial charge < -0.3 is 20.1 Å². The minimum Gasteiger partial charge on any atom is -0.364 e. The van der Waals surface area contributed by atoms with E-state index in [9.17, 15) is 4.79 Å². The summed E-state index contributed by atoms with van der Waals surface area (Å²) in [6, 6.07) is 0.150. The second-order valence-electron chi connectivity index (χ2n) is 8.53. The van der Waals surface area contributed by atoms with Crippen molar-refractivity contribution in [1.29, 1.82) is 0 Å². The number of nitrogens with one attached hydrogen (secondary N) is 2. The van der Waals surface area contributed by atoms with E-state index in [2.05, 4.69) is 42.1 Å². The van der Waals surface area contributed by atoms with E-state index < -0.39 is 0 Å². The highest BCUT2D eigenvalue weighted by atomic mass is 16.2. The van der Waals surface area contributed by atoms with Crippen LogP contribution in [0.5, 0.6) is 0 Å². The number of imidazole rings is 1. The van der Waals surface area contributed by atoms with Crippen LogP contribution < -0.4 is 10.6 Å². The van der Waals surface area contributed by atoms with E-state index in [1.165, 1.54) is 0 Å². The average molecular weight is 436 g/mol. The molecule has 0 spiro atoms. The van der Waals surface area contributed by atoms with Gasteiger partial charge in [-0.2, -0.15) is 0 Å². The Morgan fingerprint density at radius 1 is 1.16 bits per heavy atom. The largest absolute Gasteiger partial charge is 0.364 e. The fourth-order valence-electron chi connectivity index (χ4n) is 4.67. The van der Waals surface area contributed by atoms with Crippen molar-refractivity contribution >= 4 is 22.9 Å². The summed E-state index contributed by atoms with van der Waals surface area (Å²) in [6.07, 6.45) is 7.91. The Morgan fingerprint density at radius 3 is 2.69 bits per heavy atom. The topological polar surface area (TPSA) is 114 Å². The number of piperidine rings is 1. The fourth-order valence-corrected chi connectivity index (χ4v) is 4.67. The first kappa shape index (κ1) is 20.7. The Labute approximate surface area is 186 Å². The Hall–Kier alpha value is -3.14. The maximum Gasteiger partial charge on any atom is 0.225 e. The number of hydrogen-bond donors (Lipinski definition) is 2. The molecule has 5 heterocycles. The van der Waals surface area contributed by atoms with Crippen LogP contribution in [0.2, 0.25) is 0 Å². The molecular weight excluding hydrogens is 406 g/mol. The fraction of sp³-hybridized carbons (Fsp3) is 0.545. The molecule has 2 N–H and O–H groups in total. The first-order valence-corrected chi connectivity index (χ1v) is 11.4. The zero-order valence-electron chi connectivity index (χ0n) is 18.6. The first-order chi connectivity index (χ1) is 15.6. The van der Waals surface area contributed by atoms with Gasteiger partial charge in [-0.05, 0) is 46.2 Å². The predicted molar refractivity (Wildman–Crippen MR) is 121 cm³/mol. The van der Waals surface area contributed by atoms with Crippen LogP contribution in [0.25, 0.3) is 22.6 Å². The lowest BCUT2D eigenvalue weighted by atomic mass is 9.97. The van der Waals surface area contributed by atoms with Gasteiger partial charge in [-0.25, -0.2) is 24.9 Å². The lowest BCUT2D eigenvalue weighted by Crippen LogP contribution is -2.40. The summed E-state index contributed by atoms with van der Waals surface area (Å²) in [5.41, 5.74) is 2.36. The van der Waals surface area contributed by atoms with Crippen LogP contribution in [0, 0.1) is 12.8 Å². The number of likely N-dealkylation sites (tertiary alicyclic amines) is 1. The van der Waals surface area contributed by atoms with Crippen LogP contribution in [0.3, 0.4) is 0 Å². The maximum absolute atomic E-state index is 12.9. The van der Waals surface area contributed by atoms with Crippen molar-refractivity contribution in [2.24, 2.45) is 5.92 Å². The summed E-state index contributed by atoms with van der Waals surface area (Å²) >= 11 is 0. The molecule has 0 saturated carbocycles. The van der Waals surface area contributed by atoms with Gasteiger partial charge in [0.15, 0.2) is 17.0 Å². The van der Waals surface area contributed by atoms with Crippen molar-refractivity contribution < 1.29 is 4.79 Å². The molecule has 2 aliphatic heterocycles. The lowest BCUT2D eigenvalue weighted by Gasteiger charge is -2.26. The summed E-state index contributed by atoms with van der Waals surface area (Å²) in [5, 5.41) is 6.86. The van der Waals surface area contributed by atoms with Gasteiger partial charge in [0.2, 0.25) is 5.91 Å². The van der Waals surface area contributed by atoms with Crippen molar-refractivity contribution in [3.8, 4) is 11.4 Å². The van der Waals surface area contributed by atoms with Crippen molar-refractivity contribution in [3.63, 3.8) is 0 Å². The molecule has 32 heavy (non-hydrogen) atoms. The minimum absolute atomic E-state index is 0.150. The number of rotatable bonds is 5. The van der Waals surface area contributed by atoms with Crippen LogP contribution in [0.4, 0.5) is 5.82 Å². The summed E-state index contributed by atoms with van der Waals surface area (Å²) in [7, 11) is 0. The van der Waals surface area contributed by atoms with Gasteiger partial charge in [0.05, 0.1) is 5.56 Å². The van der Waals surface area contributed by atoms with E-state index in [1.54, 1.807) is 18.7 Å². The van der Waals surface area contributed by atoms with E-state index in [4.69, 9.17) is 4.98 Å². The van der Waals surface area contributed by atoms with Crippen molar-refractivity contribution in [2.75, 3.05) is 31.5 Å². The van der Waals surface area contributed by atoms with Crippen molar-refractivity contribution in [1.82, 2.24) is 39.7 Å². The van der Waals surface area contributed by atoms with Crippen LogP contribution >= 0.6 is 0 Å². The smallest absolute Gasteiger partial charge is 0.225 e. The van der Waals surface area contributed by atoms with Crippen LogP contribution in [-0.4, -0.2) is 72.5 Å². The Balaban J connectivity index is 1.37. The van der Waals surface area contributed by atoms with E-state index >= 15 is 0 Å². The maximum atomic E-state index is 12.9. The lowest BCUT2D eigenvalue weighted by molar-refractivity contribution is -0.135. The first-order valence-electron chi connectivity index (χ1n) is 11.4. The number of amides is 1. The molecule has 10 nitrogen and oxygen atoms in total. The van der Waals surface area contributed by atoms with Gasteiger partial charge in [0.25, 0.3) is 0 Å². The second kappa shape index (κ2) is 8.78. The van der Waals surface area contributed by atoms with Crippen LogP contribution in [0.15, 0.2) is 18.7 Å². The number of aromatic nitrogens is 6. The number of nitrogens with zero attached hydrogens (tertiary/aromatic N) is 7. The van der Waals surface area contributed by atoms with E-state index in [0.29, 0.717) is 18.3 Å². The monoisotopic (exact) mass is 435 g/mol. The van der Waals surface area contributed by atoms with Gasteiger partial charge in [-0.15, -0.1) is 0 Å². The average Bonchev–Trinajstić information content (AvgIpc) is 3.45. The standard InChI is InChI=1S/C22H29N9O/c1-3-31-20(16-10-24-14(2)25-11-16)29-18-19(26-13-27-21(18)31)28-17-6-9-30(12-17)22(32)15-4-7-23-8-5-15/h10-11,13,15,17,23H,3-9,12H2,1-2H3,(H,26,27,28). The van der Waals surface area contributed by atoms with Gasteiger partial charge in [0, 0.05) is 44.0 Å². The molecular formula is C22H29N9O. The van der Waals surface area contributed by atoms with Gasteiger partial charge in [-0.3, -0.25) is 4.79 Å². The van der Waals surface area contributed by atoms with Crippen LogP contribution in [0.1, 0.15) is 32.0 Å². The molecule has 1 atom stereocenters. The number of anilines is 1. The molecule has 2 aliphatic rings. The molecule has 1 amide bonds. The van der Waals surface area contributed by atoms with E-state index in [0.717, 1.165) is 73.8 Å². The minimum atomic E-state index is 0.150. The van der Waals surface area contributed by atoms with Gasteiger partial charge in [-0.1, -0.05) is 0 Å². The quantitative estimate of drug-likeness (QED) is 0.622. The molecule has 3 aromatic heterocycles. The molecule has 10 heteroatoms. The molecule has 0 aliphatic carbocycles. The Morgan fingerprint density at radius 2 is 1.94 bits per heavy atom. The summed E-state index contributed by atoms with van der Waals surface area (Å²) in [6.45, 7) is 7.99. The number of fused-ring (bicyclic) bond motifs is 1. The molecule has 0 bridgehead atoms. The highest BCUT2D eigenvalue weighted by Gasteiger charge is 2.32. The molecule has 0 aromatic carbocycles. The molecule has 5 rings (SSSR count). The number of carbonyl (C=O) groups excluding carboxylic acids is 1. The number of aryl methyl sites for hydroxylation is 2. The highest BCUT2D eigenvalue weighted by Crippen LogP contribution is 2.28. The molecule has 0 radical (unpaired) electrons. The molecule has 2 saturated heterocycles. The number of hydrogen-bond acceptors (Lipinski definition) is 8. The SMILES string of the molecule is CCn1c(-c2cnc(C)nc2)nc2c(NC3CCN(C(=O)C4CCNCC4)C3)ncnc21. The van der Waals surface area contributed by atoms with Gasteiger partial charge in [0.1, 0.15) is 18.0 Å².